The second-order valence-electron chi connectivity index (χ2n) is 3.28. The molecule has 2 atom stereocenters. The van der Waals surface area contributed by atoms with Gasteiger partial charge in [-0.3, -0.25) is 10.0 Å². The fourth-order valence-electron chi connectivity index (χ4n) is 1.42. The lowest BCUT2D eigenvalue weighted by Crippen LogP contribution is -2.49. The number of piperidine rings is 1. The number of carbonyl (C=O) groups excluding carboxylic acids is 1. The third-order valence-corrected chi connectivity index (χ3v) is 2.25. The van der Waals surface area contributed by atoms with Crippen molar-refractivity contribution in [3.63, 3.8) is 0 Å². The van der Waals surface area contributed by atoms with Gasteiger partial charge in [-0.05, 0) is 12.8 Å². The van der Waals surface area contributed by atoms with Crippen LogP contribution in [0.1, 0.15) is 12.8 Å². The van der Waals surface area contributed by atoms with E-state index in [0.29, 0.717) is 6.54 Å². The summed E-state index contributed by atoms with van der Waals surface area (Å²) in [6.45, 7) is 0.775. The zero-order valence-corrected chi connectivity index (χ0v) is 7.79. The van der Waals surface area contributed by atoms with Crippen LogP contribution in [0.4, 0.5) is 0 Å². The summed E-state index contributed by atoms with van der Waals surface area (Å²) >= 11 is 0. The van der Waals surface area contributed by atoms with E-state index in [-0.39, 0.29) is 18.6 Å². The number of hydroxylamine groups is 1. The van der Waals surface area contributed by atoms with Gasteiger partial charge in [-0.2, -0.15) is 5.26 Å². The van der Waals surface area contributed by atoms with E-state index in [4.69, 9.17) is 10.5 Å². The first-order valence-electron chi connectivity index (χ1n) is 4.55. The van der Waals surface area contributed by atoms with E-state index in [1.807, 2.05) is 0 Å². The Morgan fingerprint density at radius 2 is 2.43 bits per heavy atom. The predicted molar refractivity (Wildman–Crippen MR) is 48.4 cm³/mol. The normalized spacial score (nSPS) is 26.6. The van der Waals surface area contributed by atoms with Crippen LogP contribution in [-0.4, -0.2) is 36.3 Å². The molecule has 0 bridgehead atoms. The van der Waals surface area contributed by atoms with Crippen LogP contribution in [0.5, 0.6) is 0 Å². The van der Waals surface area contributed by atoms with Crippen LogP contribution in [0.2, 0.25) is 0 Å². The lowest BCUT2D eigenvalue weighted by atomic mass is 10.0. The number of nitrogens with one attached hydrogen (secondary N) is 3. The zero-order chi connectivity index (χ0) is 10.4. The third kappa shape index (κ3) is 3.30. The van der Waals surface area contributed by atoms with Gasteiger partial charge in [0.2, 0.25) is 0 Å². The molecule has 0 saturated carbocycles. The van der Waals surface area contributed by atoms with E-state index in [2.05, 4.69) is 16.7 Å². The largest absolute Gasteiger partial charge is 0.304 e. The molecule has 1 amide bonds. The second-order valence-corrected chi connectivity index (χ2v) is 3.28. The van der Waals surface area contributed by atoms with E-state index < -0.39 is 5.91 Å². The maximum absolute atomic E-state index is 10.7. The molecule has 1 heterocycles. The van der Waals surface area contributed by atoms with E-state index in [1.165, 1.54) is 0 Å². The average Bonchev–Trinajstić information content (AvgIpc) is 2.26. The maximum atomic E-state index is 10.7. The minimum absolute atomic E-state index is 0.0697. The van der Waals surface area contributed by atoms with Crippen LogP contribution in [0.25, 0.3) is 0 Å². The molecule has 0 spiro atoms. The minimum Gasteiger partial charge on any atom is -0.304 e. The predicted octanol–water partition coefficient (Wildman–Crippen LogP) is -1.27. The van der Waals surface area contributed by atoms with E-state index in [0.717, 1.165) is 12.8 Å². The van der Waals surface area contributed by atoms with Gasteiger partial charge in [0.05, 0.1) is 18.7 Å². The molecular formula is C8H14N4O2. The van der Waals surface area contributed by atoms with Crippen LogP contribution in [0.15, 0.2) is 0 Å². The number of hydrogen-bond donors (Lipinski definition) is 4. The molecular weight excluding hydrogens is 184 g/mol. The van der Waals surface area contributed by atoms with Crippen LogP contribution in [0, 0.1) is 11.3 Å². The van der Waals surface area contributed by atoms with Crippen molar-refractivity contribution in [3.8, 4) is 6.07 Å². The SMILES string of the molecule is N#C[C@@H]1CC[C@@H](NCC(=O)NO)CN1. The lowest BCUT2D eigenvalue weighted by Gasteiger charge is -2.26. The number of carbonyl (C=O) groups is 1. The number of amides is 1. The summed E-state index contributed by atoms with van der Waals surface area (Å²) in [5.74, 6) is -0.451. The standard InChI is InChI=1S/C8H14N4O2/c9-3-6-1-2-7(4-10-6)11-5-8(13)12-14/h6-7,10-11,14H,1-2,4-5H2,(H,12,13)/t6-,7+/m0/s1. The summed E-state index contributed by atoms with van der Waals surface area (Å²) in [6, 6.07) is 2.26. The fraction of sp³-hybridized carbons (Fsp3) is 0.750. The van der Waals surface area contributed by atoms with Gasteiger partial charge in [-0.1, -0.05) is 0 Å². The molecule has 1 rings (SSSR count). The van der Waals surface area contributed by atoms with Crippen LogP contribution < -0.4 is 16.1 Å². The Balaban J connectivity index is 2.17. The van der Waals surface area contributed by atoms with Crippen LogP contribution >= 0.6 is 0 Å². The quantitative estimate of drug-likeness (QED) is 0.335. The topological polar surface area (TPSA) is 97.2 Å². The molecule has 0 aromatic rings. The fourth-order valence-corrected chi connectivity index (χ4v) is 1.42. The molecule has 6 nitrogen and oxygen atoms in total. The Morgan fingerprint density at radius 3 is 2.93 bits per heavy atom. The zero-order valence-electron chi connectivity index (χ0n) is 7.79. The molecule has 1 aliphatic heterocycles. The summed E-state index contributed by atoms with van der Waals surface area (Å²) < 4.78 is 0. The van der Waals surface area contributed by atoms with Gasteiger partial charge < -0.3 is 10.6 Å². The summed E-state index contributed by atoms with van der Waals surface area (Å²) in [4.78, 5) is 10.7. The first-order valence-corrected chi connectivity index (χ1v) is 4.55. The highest BCUT2D eigenvalue weighted by Gasteiger charge is 2.19. The molecule has 0 unspecified atom stereocenters. The number of rotatable bonds is 3. The molecule has 1 aliphatic rings. The van der Waals surface area contributed by atoms with Gasteiger partial charge in [-0.15, -0.1) is 0 Å². The van der Waals surface area contributed by atoms with Crippen molar-refractivity contribution in [1.29, 1.82) is 5.26 Å². The van der Waals surface area contributed by atoms with Crippen molar-refractivity contribution >= 4 is 5.91 Å². The molecule has 1 saturated heterocycles. The van der Waals surface area contributed by atoms with Gasteiger partial charge in [0.25, 0.3) is 5.91 Å². The van der Waals surface area contributed by atoms with Crippen molar-refractivity contribution < 1.29 is 10.0 Å². The Hall–Kier alpha value is -1.16. The average molecular weight is 198 g/mol. The molecule has 6 heteroatoms. The molecule has 14 heavy (non-hydrogen) atoms. The molecule has 4 N–H and O–H groups in total. The first-order chi connectivity index (χ1) is 6.76. The van der Waals surface area contributed by atoms with Gasteiger partial charge in [0.1, 0.15) is 0 Å². The van der Waals surface area contributed by atoms with Crippen molar-refractivity contribution in [2.75, 3.05) is 13.1 Å². The van der Waals surface area contributed by atoms with Crippen molar-refractivity contribution in [2.24, 2.45) is 0 Å². The van der Waals surface area contributed by atoms with Gasteiger partial charge in [-0.25, -0.2) is 5.48 Å². The van der Waals surface area contributed by atoms with E-state index in [1.54, 1.807) is 5.48 Å². The lowest BCUT2D eigenvalue weighted by molar-refractivity contribution is -0.128. The van der Waals surface area contributed by atoms with Crippen molar-refractivity contribution in [3.05, 3.63) is 0 Å². The Morgan fingerprint density at radius 1 is 1.64 bits per heavy atom. The van der Waals surface area contributed by atoms with Crippen molar-refractivity contribution in [2.45, 2.75) is 24.9 Å². The molecule has 0 aromatic carbocycles. The smallest absolute Gasteiger partial charge is 0.257 e. The third-order valence-electron chi connectivity index (χ3n) is 2.25. The molecule has 0 radical (unpaired) electrons. The summed E-state index contributed by atoms with van der Waals surface area (Å²) in [7, 11) is 0. The number of nitrogens with zero attached hydrogens (tertiary/aromatic N) is 1. The summed E-state index contributed by atoms with van der Waals surface area (Å²) in [5.41, 5.74) is 1.55. The van der Waals surface area contributed by atoms with Crippen LogP contribution in [-0.2, 0) is 4.79 Å². The molecule has 1 fully saturated rings. The molecule has 78 valence electrons. The van der Waals surface area contributed by atoms with E-state index in [9.17, 15) is 4.79 Å². The Kier molecular flexibility index (Phi) is 4.32. The monoisotopic (exact) mass is 198 g/mol. The minimum atomic E-state index is -0.451. The number of hydrogen-bond acceptors (Lipinski definition) is 5. The molecule has 0 aliphatic carbocycles. The highest BCUT2D eigenvalue weighted by molar-refractivity contribution is 5.76. The van der Waals surface area contributed by atoms with Gasteiger partial charge in [0.15, 0.2) is 0 Å². The maximum Gasteiger partial charge on any atom is 0.257 e. The highest BCUT2D eigenvalue weighted by atomic mass is 16.5. The van der Waals surface area contributed by atoms with Crippen LogP contribution in [0.3, 0.4) is 0 Å². The van der Waals surface area contributed by atoms with Crippen molar-refractivity contribution in [1.82, 2.24) is 16.1 Å². The first kappa shape index (κ1) is 10.9. The van der Waals surface area contributed by atoms with E-state index >= 15 is 0 Å². The summed E-state index contributed by atoms with van der Waals surface area (Å²) in [6.07, 6.45) is 1.65. The summed E-state index contributed by atoms with van der Waals surface area (Å²) in [5, 5.41) is 22.9. The van der Waals surface area contributed by atoms with Gasteiger partial charge in [0, 0.05) is 12.6 Å². The Labute approximate surface area is 82.2 Å². The highest BCUT2D eigenvalue weighted by Crippen LogP contribution is 2.06. The second kappa shape index (κ2) is 5.54. The van der Waals surface area contributed by atoms with Gasteiger partial charge >= 0.3 is 0 Å². The Bertz CT molecular complexity index is 230. The number of nitriles is 1. The molecule has 0 aromatic heterocycles.